The SMILES string of the molecule is CC(C)C(SCC(=O)Nc1nnc(C2CC2)o1)C(=O)O. The minimum atomic E-state index is -0.911. The number of thioether (sulfide) groups is 1. The second kappa shape index (κ2) is 6.25. The van der Waals surface area contributed by atoms with E-state index in [0.717, 1.165) is 24.6 Å². The average molecular weight is 299 g/mol. The summed E-state index contributed by atoms with van der Waals surface area (Å²) in [5.74, 6) is -0.371. The number of anilines is 1. The van der Waals surface area contributed by atoms with Crippen LogP contribution in [0.2, 0.25) is 0 Å². The van der Waals surface area contributed by atoms with Gasteiger partial charge in [-0.3, -0.25) is 14.9 Å². The molecule has 0 radical (unpaired) electrons. The number of carboxylic acid groups (broad SMARTS) is 1. The highest BCUT2D eigenvalue weighted by Crippen LogP contribution is 2.39. The van der Waals surface area contributed by atoms with Crippen molar-refractivity contribution in [1.29, 1.82) is 0 Å². The van der Waals surface area contributed by atoms with Crippen LogP contribution in [-0.2, 0) is 9.59 Å². The zero-order chi connectivity index (χ0) is 14.7. The Labute approximate surface area is 120 Å². The summed E-state index contributed by atoms with van der Waals surface area (Å²) >= 11 is 1.09. The van der Waals surface area contributed by atoms with Gasteiger partial charge in [0.1, 0.15) is 5.25 Å². The highest BCUT2D eigenvalue weighted by atomic mass is 32.2. The minimum Gasteiger partial charge on any atom is -0.480 e. The number of nitrogens with one attached hydrogen (secondary N) is 1. The van der Waals surface area contributed by atoms with E-state index >= 15 is 0 Å². The van der Waals surface area contributed by atoms with E-state index in [1.54, 1.807) is 0 Å². The van der Waals surface area contributed by atoms with Crippen LogP contribution in [0.15, 0.2) is 4.42 Å². The molecule has 0 spiro atoms. The molecule has 1 aliphatic rings. The topological polar surface area (TPSA) is 105 Å². The molecule has 0 aromatic carbocycles. The van der Waals surface area contributed by atoms with Gasteiger partial charge in [-0.15, -0.1) is 16.9 Å². The maximum Gasteiger partial charge on any atom is 0.322 e. The number of carboxylic acids is 1. The zero-order valence-corrected chi connectivity index (χ0v) is 12.1. The van der Waals surface area contributed by atoms with Crippen LogP contribution < -0.4 is 5.32 Å². The largest absolute Gasteiger partial charge is 0.480 e. The molecule has 1 aromatic rings. The van der Waals surface area contributed by atoms with Crippen LogP contribution in [-0.4, -0.2) is 38.2 Å². The lowest BCUT2D eigenvalue weighted by Crippen LogP contribution is -2.25. The number of amides is 1. The lowest BCUT2D eigenvalue weighted by molar-refractivity contribution is -0.137. The molecule has 0 saturated heterocycles. The van der Waals surface area contributed by atoms with E-state index in [0.29, 0.717) is 11.8 Å². The average Bonchev–Trinajstić information content (AvgIpc) is 3.10. The van der Waals surface area contributed by atoms with Crippen LogP contribution in [0, 0.1) is 5.92 Å². The Morgan fingerprint density at radius 3 is 2.70 bits per heavy atom. The zero-order valence-electron chi connectivity index (χ0n) is 11.3. The van der Waals surface area contributed by atoms with Crippen molar-refractivity contribution in [3.63, 3.8) is 0 Å². The quantitative estimate of drug-likeness (QED) is 0.789. The maximum atomic E-state index is 11.7. The molecule has 20 heavy (non-hydrogen) atoms. The summed E-state index contributed by atoms with van der Waals surface area (Å²) < 4.78 is 5.30. The van der Waals surface area contributed by atoms with Gasteiger partial charge in [0.2, 0.25) is 11.8 Å². The highest BCUT2D eigenvalue weighted by molar-refractivity contribution is 8.01. The summed E-state index contributed by atoms with van der Waals surface area (Å²) in [4.78, 5) is 22.7. The van der Waals surface area contributed by atoms with Gasteiger partial charge in [0.15, 0.2) is 0 Å². The van der Waals surface area contributed by atoms with Crippen molar-refractivity contribution < 1.29 is 19.1 Å². The Morgan fingerprint density at radius 2 is 2.15 bits per heavy atom. The Morgan fingerprint density at radius 1 is 1.45 bits per heavy atom. The van der Waals surface area contributed by atoms with E-state index in [1.807, 2.05) is 13.8 Å². The monoisotopic (exact) mass is 299 g/mol. The Hall–Kier alpha value is -1.57. The van der Waals surface area contributed by atoms with Crippen LogP contribution in [0.3, 0.4) is 0 Å². The van der Waals surface area contributed by atoms with Crippen LogP contribution in [0.25, 0.3) is 0 Å². The summed E-state index contributed by atoms with van der Waals surface area (Å²) in [6.07, 6.45) is 2.08. The predicted molar refractivity (Wildman–Crippen MR) is 73.6 cm³/mol. The molecule has 2 rings (SSSR count). The first-order valence-electron chi connectivity index (χ1n) is 6.45. The maximum absolute atomic E-state index is 11.7. The van der Waals surface area contributed by atoms with Gasteiger partial charge in [0, 0.05) is 5.92 Å². The molecule has 1 aromatic heterocycles. The number of hydrogen-bond donors (Lipinski definition) is 2. The van der Waals surface area contributed by atoms with Crippen molar-refractivity contribution in [2.24, 2.45) is 5.92 Å². The molecule has 2 N–H and O–H groups in total. The summed E-state index contributed by atoms with van der Waals surface area (Å²) in [6.45, 7) is 3.62. The van der Waals surface area contributed by atoms with E-state index < -0.39 is 11.2 Å². The van der Waals surface area contributed by atoms with E-state index in [9.17, 15) is 9.59 Å². The smallest absolute Gasteiger partial charge is 0.322 e. The molecular formula is C12H17N3O4S. The van der Waals surface area contributed by atoms with E-state index in [1.165, 1.54) is 0 Å². The van der Waals surface area contributed by atoms with Crippen molar-refractivity contribution in [2.75, 3.05) is 11.1 Å². The molecule has 1 fully saturated rings. The first kappa shape index (κ1) is 14.8. The standard InChI is InChI=1S/C12H17N3O4S/c1-6(2)9(11(17)18)20-5-8(16)13-12-15-14-10(19-12)7-3-4-7/h6-7,9H,3-5H2,1-2H3,(H,17,18)(H,13,15,16). The van der Waals surface area contributed by atoms with Crippen LogP contribution in [0.4, 0.5) is 6.01 Å². The number of nitrogens with zero attached hydrogens (tertiary/aromatic N) is 2. The molecule has 8 heteroatoms. The van der Waals surface area contributed by atoms with Crippen molar-refractivity contribution in [2.45, 2.75) is 37.9 Å². The van der Waals surface area contributed by atoms with Crippen molar-refractivity contribution in [3.05, 3.63) is 5.89 Å². The van der Waals surface area contributed by atoms with Gasteiger partial charge >= 0.3 is 12.0 Å². The molecule has 1 saturated carbocycles. The molecule has 1 heterocycles. The van der Waals surface area contributed by atoms with Gasteiger partial charge in [-0.1, -0.05) is 18.9 Å². The number of aromatic nitrogens is 2. The van der Waals surface area contributed by atoms with Gasteiger partial charge in [-0.25, -0.2) is 0 Å². The fraction of sp³-hybridized carbons (Fsp3) is 0.667. The molecule has 0 bridgehead atoms. The summed E-state index contributed by atoms with van der Waals surface area (Å²) in [6, 6.07) is 0.0777. The normalized spacial score (nSPS) is 16.1. The molecule has 1 atom stereocenters. The minimum absolute atomic E-state index is 0.0380. The number of carbonyl (C=O) groups is 2. The first-order chi connectivity index (χ1) is 9.47. The molecular weight excluding hydrogens is 282 g/mol. The van der Waals surface area contributed by atoms with Gasteiger partial charge in [0.05, 0.1) is 5.75 Å². The number of carbonyl (C=O) groups excluding carboxylic acids is 1. The van der Waals surface area contributed by atoms with Crippen molar-refractivity contribution >= 4 is 29.7 Å². The Kier molecular flexibility index (Phi) is 4.64. The highest BCUT2D eigenvalue weighted by Gasteiger charge is 2.29. The molecule has 110 valence electrons. The van der Waals surface area contributed by atoms with Crippen LogP contribution in [0.5, 0.6) is 0 Å². The van der Waals surface area contributed by atoms with Gasteiger partial charge in [-0.05, 0) is 18.8 Å². The summed E-state index contributed by atoms with van der Waals surface area (Å²) in [5.41, 5.74) is 0. The molecule has 7 nitrogen and oxygen atoms in total. The van der Waals surface area contributed by atoms with Gasteiger partial charge in [-0.2, -0.15) is 0 Å². The first-order valence-corrected chi connectivity index (χ1v) is 7.50. The van der Waals surface area contributed by atoms with E-state index in [2.05, 4.69) is 15.5 Å². The number of rotatable bonds is 7. The molecule has 1 amide bonds. The lowest BCUT2D eigenvalue weighted by Gasteiger charge is -2.14. The second-order valence-electron chi connectivity index (χ2n) is 5.08. The van der Waals surface area contributed by atoms with Crippen molar-refractivity contribution in [3.8, 4) is 0 Å². The molecule has 1 unspecified atom stereocenters. The molecule has 1 aliphatic carbocycles. The summed E-state index contributed by atoms with van der Waals surface area (Å²) in [5, 5.41) is 18.5. The Balaban J connectivity index is 1.80. The number of hydrogen-bond acceptors (Lipinski definition) is 6. The third-order valence-electron chi connectivity index (χ3n) is 2.86. The van der Waals surface area contributed by atoms with Crippen LogP contribution >= 0.6 is 11.8 Å². The number of aliphatic carboxylic acids is 1. The predicted octanol–water partition coefficient (Wildman–Crippen LogP) is 1.73. The molecule has 0 aliphatic heterocycles. The second-order valence-corrected chi connectivity index (χ2v) is 6.21. The van der Waals surface area contributed by atoms with Crippen molar-refractivity contribution in [1.82, 2.24) is 10.2 Å². The fourth-order valence-corrected chi connectivity index (χ4v) is 2.58. The van der Waals surface area contributed by atoms with E-state index in [-0.39, 0.29) is 23.6 Å². The van der Waals surface area contributed by atoms with E-state index in [4.69, 9.17) is 9.52 Å². The lowest BCUT2D eigenvalue weighted by atomic mass is 10.1. The third kappa shape index (κ3) is 3.96. The third-order valence-corrected chi connectivity index (χ3v) is 4.39. The summed E-state index contributed by atoms with van der Waals surface area (Å²) in [7, 11) is 0. The Bertz CT molecular complexity index is 499. The van der Waals surface area contributed by atoms with Gasteiger partial charge < -0.3 is 9.52 Å². The fourth-order valence-electron chi connectivity index (χ4n) is 1.65. The van der Waals surface area contributed by atoms with Crippen LogP contribution in [0.1, 0.15) is 38.5 Å². The van der Waals surface area contributed by atoms with Gasteiger partial charge in [0.25, 0.3) is 0 Å².